The van der Waals surface area contributed by atoms with E-state index in [1.165, 1.54) is 0 Å². The highest BCUT2D eigenvalue weighted by molar-refractivity contribution is 9.10. The molecule has 0 aliphatic heterocycles. The Kier molecular flexibility index (Phi) is 2.87. The monoisotopic (exact) mass is 274 g/mol. The Labute approximate surface area is 97.2 Å². The average molecular weight is 276 g/mol. The normalized spacial score (nSPS) is 18.2. The summed E-state index contributed by atoms with van der Waals surface area (Å²) in [4.78, 5) is 0. The maximum absolute atomic E-state index is 9.68. The Hall–Kier alpha value is -0.0500. The van der Waals surface area contributed by atoms with Gasteiger partial charge in [0.05, 0.1) is 5.60 Å². The Morgan fingerprint density at radius 2 is 2.14 bits per heavy atom. The molecule has 0 aromatic heterocycles. The molecule has 1 fully saturated rings. The number of halogens is 2. The first-order valence-corrected chi connectivity index (χ1v) is 5.92. The van der Waals surface area contributed by atoms with Gasteiger partial charge in [0, 0.05) is 9.50 Å². The highest BCUT2D eigenvalue weighted by atomic mass is 79.9. The number of hydrogen-bond acceptors (Lipinski definition) is 1. The van der Waals surface area contributed by atoms with Crippen LogP contribution < -0.4 is 0 Å². The summed E-state index contributed by atoms with van der Waals surface area (Å²) in [6, 6.07) is 5.89. The highest BCUT2D eigenvalue weighted by Gasteiger charge is 2.39. The Morgan fingerprint density at radius 1 is 1.43 bits per heavy atom. The van der Waals surface area contributed by atoms with Gasteiger partial charge in [-0.3, -0.25) is 0 Å². The summed E-state index contributed by atoms with van der Waals surface area (Å²) in [6.45, 7) is 0. The summed E-state index contributed by atoms with van der Waals surface area (Å²) in [6.07, 6.45) is 3.58. The predicted octanol–water partition coefficient (Wildman–Crippen LogP) is 3.56. The third-order valence-electron chi connectivity index (χ3n) is 2.70. The van der Waals surface area contributed by atoms with Crippen LogP contribution in [-0.2, 0) is 6.42 Å². The highest BCUT2D eigenvalue weighted by Crippen LogP contribution is 2.39. The molecular weight excluding hydrogens is 263 g/mol. The van der Waals surface area contributed by atoms with Gasteiger partial charge in [-0.25, -0.2) is 0 Å². The Bertz CT molecular complexity index is 347. The molecule has 14 heavy (non-hydrogen) atoms. The molecule has 2 rings (SSSR count). The van der Waals surface area contributed by atoms with Crippen molar-refractivity contribution in [3.05, 3.63) is 33.3 Å². The van der Waals surface area contributed by atoms with E-state index in [0.717, 1.165) is 40.7 Å². The summed E-state index contributed by atoms with van der Waals surface area (Å²) in [5.41, 5.74) is 0.742. The van der Waals surface area contributed by atoms with Gasteiger partial charge in [-0.1, -0.05) is 33.6 Å². The lowest BCUT2D eigenvalue weighted by Crippen LogP contribution is -2.07. The lowest BCUT2D eigenvalue weighted by Gasteiger charge is -2.08. The van der Waals surface area contributed by atoms with Gasteiger partial charge < -0.3 is 5.11 Å². The van der Waals surface area contributed by atoms with E-state index in [4.69, 9.17) is 11.6 Å². The van der Waals surface area contributed by atoms with Crippen molar-refractivity contribution in [2.75, 3.05) is 0 Å². The molecule has 76 valence electrons. The van der Waals surface area contributed by atoms with E-state index in [-0.39, 0.29) is 5.60 Å². The first-order chi connectivity index (χ1) is 6.59. The molecule has 0 amide bonds. The fourth-order valence-electron chi connectivity index (χ4n) is 1.49. The summed E-state index contributed by atoms with van der Waals surface area (Å²) >= 11 is 9.43. The molecule has 0 radical (unpaired) electrons. The maximum atomic E-state index is 9.68. The smallest absolute Gasteiger partial charge is 0.0653 e. The van der Waals surface area contributed by atoms with Crippen molar-refractivity contribution >= 4 is 27.5 Å². The van der Waals surface area contributed by atoms with Crippen LogP contribution in [0.1, 0.15) is 24.8 Å². The summed E-state index contributed by atoms with van der Waals surface area (Å²) < 4.78 is 0.997. The zero-order valence-corrected chi connectivity index (χ0v) is 10.1. The largest absolute Gasteiger partial charge is 0.390 e. The second-order valence-corrected chi connectivity index (χ2v) is 5.28. The van der Waals surface area contributed by atoms with Crippen molar-refractivity contribution in [3.63, 3.8) is 0 Å². The molecule has 1 aliphatic carbocycles. The summed E-state index contributed by atoms with van der Waals surface area (Å²) in [5.74, 6) is 0. The van der Waals surface area contributed by atoms with Crippen LogP contribution in [0.25, 0.3) is 0 Å². The zero-order valence-electron chi connectivity index (χ0n) is 7.76. The lowest BCUT2D eigenvalue weighted by atomic mass is 10.1. The molecule has 0 spiro atoms. The van der Waals surface area contributed by atoms with Crippen molar-refractivity contribution in [2.45, 2.75) is 31.3 Å². The van der Waals surface area contributed by atoms with Crippen LogP contribution in [0.2, 0.25) is 5.02 Å². The number of aliphatic hydroxyl groups is 1. The fraction of sp³-hybridized carbons (Fsp3) is 0.455. The molecule has 1 nitrogen and oxygen atoms in total. The van der Waals surface area contributed by atoms with E-state index >= 15 is 0 Å². The number of hydrogen-bond donors (Lipinski definition) is 1. The van der Waals surface area contributed by atoms with E-state index in [2.05, 4.69) is 15.9 Å². The van der Waals surface area contributed by atoms with Crippen LogP contribution in [0.3, 0.4) is 0 Å². The van der Waals surface area contributed by atoms with Gasteiger partial charge >= 0.3 is 0 Å². The Balaban J connectivity index is 2.02. The molecular formula is C11H12BrClO. The van der Waals surface area contributed by atoms with Crippen molar-refractivity contribution < 1.29 is 5.11 Å². The third-order valence-corrected chi connectivity index (χ3v) is 3.55. The average Bonchev–Trinajstić information content (AvgIpc) is 2.83. The first kappa shape index (κ1) is 10.5. The standard InChI is InChI=1S/C11H12BrClO/c12-9-2-1-8(10(13)7-9)3-4-11(14)5-6-11/h1-2,7,14H,3-6H2. The van der Waals surface area contributed by atoms with Gasteiger partial charge in [-0.05, 0) is 43.4 Å². The molecule has 3 heteroatoms. The van der Waals surface area contributed by atoms with E-state index in [1.807, 2.05) is 18.2 Å². The summed E-state index contributed by atoms with van der Waals surface area (Å²) in [7, 11) is 0. The number of aryl methyl sites for hydroxylation is 1. The predicted molar refractivity (Wildman–Crippen MR) is 61.7 cm³/mol. The molecule has 0 saturated heterocycles. The molecule has 0 unspecified atom stereocenters. The van der Waals surface area contributed by atoms with Crippen molar-refractivity contribution in [2.24, 2.45) is 0 Å². The topological polar surface area (TPSA) is 20.2 Å². The van der Waals surface area contributed by atoms with Crippen LogP contribution in [-0.4, -0.2) is 10.7 Å². The van der Waals surface area contributed by atoms with Crippen molar-refractivity contribution in [3.8, 4) is 0 Å². The number of benzene rings is 1. The van der Waals surface area contributed by atoms with Crippen LogP contribution in [0, 0.1) is 0 Å². The van der Waals surface area contributed by atoms with Gasteiger partial charge in [0.2, 0.25) is 0 Å². The molecule has 1 aliphatic rings. The Morgan fingerprint density at radius 3 is 2.71 bits per heavy atom. The minimum Gasteiger partial charge on any atom is -0.390 e. The maximum Gasteiger partial charge on any atom is 0.0653 e. The lowest BCUT2D eigenvalue weighted by molar-refractivity contribution is 0.140. The molecule has 1 aromatic rings. The number of rotatable bonds is 3. The van der Waals surface area contributed by atoms with E-state index in [1.54, 1.807) is 0 Å². The van der Waals surface area contributed by atoms with Crippen LogP contribution in [0.15, 0.2) is 22.7 Å². The van der Waals surface area contributed by atoms with Gasteiger partial charge in [-0.2, -0.15) is 0 Å². The second-order valence-electron chi connectivity index (χ2n) is 3.96. The SMILES string of the molecule is OC1(CCc2ccc(Br)cc2Cl)CC1. The minimum atomic E-state index is -0.379. The second kappa shape index (κ2) is 3.84. The molecule has 0 heterocycles. The zero-order chi connectivity index (χ0) is 10.2. The minimum absolute atomic E-state index is 0.379. The summed E-state index contributed by atoms with van der Waals surface area (Å²) in [5, 5.41) is 10.5. The molecule has 1 saturated carbocycles. The van der Waals surface area contributed by atoms with Gasteiger partial charge in [0.25, 0.3) is 0 Å². The van der Waals surface area contributed by atoms with E-state index in [9.17, 15) is 5.11 Å². The third kappa shape index (κ3) is 2.50. The molecule has 0 bridgehead atoms. The van der Waals surface area contributed by atoms with Crippen molar-refractivity contribution in [1.29, 1.82) is 0 Å². The van der Waals surface area contributed by atoms with Crippen LogP contribution in [0.4, 0.5) is 0 Å². The molecule has 1 N–H and O–H groups in total. The first-order valence-electron chi connectivity index (χ1n) is 4.75. The van der Waals surface area contributed by atoms with Crippen LogP contribution in [0.5, 0.6) is 0 Å². The fourth-order valence-corrected chi connectivity index (χ4v) is 2.25. The quantitative estimate of drug-likeness (QED) is 0.894. The van der Waals surface area contributed by atoms with Gasteiger partial charge in [0.1, 0.15) is 0 Å². The van der Waals surface area contributed by atoms with E-state index in [0.29, 0.717) is 0 Å². The van der Waals surface area contributed by atoms with Crippen LogP contribution >= 0.6 is 27.5 Å². The molecule has 1 aromatic carbocycles. The van der Waals surface area contributed by atoms with E-state index < -0.39 is 0 Å². The van der Waals surface area contributed by atoms with Gasteiger partial charge in [-0.15, -0.1) is 0 Å². The van der Waals surface area contributed by atoms with Gasteiger partial charge in [0.15, 0.2) is 0 Å². The molecule has 0 atom stereocenters. The van der Waals surface area contributed by atoms with Crippen molar-refractivity contribution in [1.82, 2.24) is 0 Å².